The number of amides is 1. The molecule has 0 atom stereocenters. The van der Waals surface area contributed by atoms with E-state index in [1.807, 2.05) is 0 Å². The van der Waals surface area contributed by atoms with Crippen molar-refractivity contribution in [2.45, 2.75) is 12.8 Å². The van der Waals surface area contributed by atoms with Crippen LogP contribution in [0.1, 0.15) is 12.8 Å². The zero-order valence-corrected chi connectivity index (χ0v) is 10.5. The molecule has 19 heavy (non-hydrogen) atoms. The van der Waals surface area contributed by atoms with E-state index < -0.39 is 0 Å². The van der Waals surface area contributed by atoms with Crippen molar-refractivity contribution in [3.8, 4) is 11.5 Å². The summed E-state index contributed by atoms with van der Waals surface area (Å²) in [6.45, 7) is 1.45. The molecule has 6 nitrogen and oxygen atoms in total. The fourth-order valence-corrected chi connectivity index (χ4v) is 2.26. The van der Waals surface area contributed by atoms with Gasteiger partial charge in [0.15, 0.2) is 11.5 Å². The first-order valence-electron chi connectivity index (χ1n) is 6.32. The molecule has 0 radical (unpaired) electrons. The highest BCUT2D eigenvalue weighted by Crippen LogP contribution is 2.38. The first kappa shape index (κ1) is 12.1. The highest BCUT2D eigenvalue weighted by Gasteiger charge is 2.23. The van der Waals surface area contributed by atoms with Crippen LogP contribution in [0.4, 0.5) is 11.4 Å². The molecule has 0 saturated carbocycles. The highest BCUT2D eigenvalue weighted by atomic mass is 16.7. The molecule has 0 aromatic heterocycles. The Labute approximate surface area is 110 Å². The van der Waals surface area contributed by atoms with Crippen molar-refractivity contribution in [2.75, 3.05) is 31.1 Å². The van der Waals surface area contributed by atoms with Crippen molar-refractivity contribution in [1.82, 2.24) is 0 Å². The smallest absolute Gasteiger partial charge is 0.231 e. The number of nitrogen functional groups attached to an aromatic ring is 1. The number of hydrogen-bond donors (Lipinski definition) is 2. The SMILES string of the molecule is Nc1cc2c(cc1NC(=O)C1CCOCC1)OCO2. The average molecular weight is 264 g/mol. The lowest BCUT2D eigenvalue weighted by molar-refractivity contribution is -0.122. The van der Waals surface area contributed by atoms with E-state index in [1.165, 1.54) is 0 Å². The summed E-state index contributed by atoms with van der Waals surface area (Å²) in [6.07, 6.45) is 1.49. The van der Waals surface area contributed by atoms with Crippen LogP contribution in [0.3, 0.4) is 0 Å². The molecule has 1 aromatic carbocycles. The van der Waals surface area contributed by atoms with Crippen LogP contribution < -0.4 is 20.5 Å². The zero-order chi connectivity index (χ0) is 13.2. The average Bonchev–Trinajstić information content (AvgIpc) is 2.87. The van der Waals surface area contributed by atoms with Crippen LogP contribution >= 0.6 is 0 Å². The topological polar surface area (TPSA) is 82.8 Å². The van der Waals surface area contributed by atoms with E-state index in [2.05, 4.69) is 5.32 Å². The number of benzene rings is 1. The number of carbonyl (C=O) groups is 1. The van der Waals surface area contributed by atoms with Gasteiger partial charge in [-0.15, -0.1) is 0 Å². The first-order chi connectivity index (χ1) is 9.24. The zero-order valence-electron chi connectivity index (χ0n) is 10.5. The second kappa shape index (κ2) is 4.97. The van der Waals surface area contributed by atoms with Crippen LogP contribution in [-0.4, -0.2) is 25.9 Å². The monoisotopic (exact) mass is 264 g/mol. The molecule has 1 saturated heterocycles. The number of anilines is 2. The van der Waals surface area contributed by atoms with Crippen molar-refractivity contribution >= 4 is 17.3 Å². The molecule has 1 amide bonds. The second-order valence-corrected chi connectivity index (χ2v) is 4.67. The van der Waals surface area contributed by atoms with Gasteiger partial charge in [0.25, 0.3) is 0 Å². The van der Waals surface area contributed by atoms with Gasteiger partial charge in [0, 0.05) is 31.3 Å². The molecule has 0 spiro atoms. The van der Waals surface area contributed by atoms with Gasteiger partial charge in [-0.05, 0) is 12.8 Å². The van der Waals surface area contributed by atoms with Gasteiger partial charge in [-0.2, -0.15) is 0 Å². The number of rotatable bonds is 2. The Morgan fingerprint density at radius 2 is 1.89 bits per heavy atom. The number of fused-ring (bicyclic) bond motifs is 1. The maximum atomic E-state index is 12.1. The van der Waals surface area contributed by atoms with E-state index in [9.17, 15) is 4.79 Å². The van der Waals surface area contributed by atoms with Gasteiger partial charge in [-0.1, -0.05) is 0 Å². The summed E-state index contributed by atoms with van der Waals surface area (Å²) in [5.41, 5.74) is 6.94. The number of nitrogens with one attached hydrogen (secondary N) is 1. The fraction of sp³-hybridized carbons (Fsp3) is 0.462. The maximum Gasteiger partial charge on any atom is 0.231 e. The van der Waals surface area contributed by atoms with Crippen molar-refractivity contribution in [1.29, 1.82) is 0 Å². The summed E-state index contributed by atoms with van der Waals surface area (Å²) in [6, 6.07) is 3.37. The summed E-state index contributed by atoms with van der Waals surface area (Å²) in [5, 5.41) is 2.85. The van der Waals surface area contributed by atoms with Gasteiger partial charge in [0.05, 0.1) is 11.4 Å². The Hall–Kier alpha value is -1.95. The summed E-state index contributed by atoms with van der Waals surface area (Å²) in [5.74, 6) is 1.19. The molecule has 2 aliphatic heterocycles. The first-order valence-corrected chi connectivity index (χ1v) is 6.32. The maximum absolute atomic E-state index is 12.1. The van der Waals surface area contributed by atoms with E-state index in [0.717, 1.165) is 12.8 Å². The van der Waals surface area contributed by atoms with Crippen molar-refractivity contribution in [2.24, 2.45) is 5.92 Å². The van der Waals surface area contributed by atoms with E-state index >= 15 is 0 Å². The summed E-state index contributed by atoms with van der Waals surface area (Å²) in [4.78, 5) is 12.1. The normalized spacial score (nSPS) is 18.3. The summed E-state index contributed by atoms with van der Waals surface area (Å²) >= 11 is 0. The number of carbonyl (C=O) groups excluding carboxylic acids is 1. The second-order valence-electron chi connectivity index (χ2n) is 4.67. The van der Waals surface area contributed by atoms with E-state index in [-0.39, 0.29) is 18.6 Å². The standard InChI is InChI=1S/C13H16N2O4/c14-9-5-11-12(19-7-18-11)6-10(9)15-13(16)8-1-3-17-4-2-8/h5-6,8H,1-4,7,14H2,(H,15,16). The minimum Gasteiger partial charge on any atom is -0.454 e. The number of nitrogens with two attached hydrogens (primary N) is 1. The summed E-state index contributed by atoms with van der Waals surface area (Å²) < 4.78 is 15.7. The molecule has 2 aliphatic rings. The van der Waals surface area contributed by atoms with E-state index in [4.69, 9.17) is 19.9 Å². The van der Waals surface area contributed by atoms with Crippen LogP contribution in [0.25, 0.3) is 0 Å². The van der Waals surface area contributed by atoms with Crippen LogP contribution in [0, 0.1) is 5.92 Å². The Morgan fingerprint density at radius 3 is 2.63 bits per heavy atom. The largest absolute Gasteiger partial charge is 0.454 e. The predicted molar refractivity (Wildman–Crippen MR) is 69.2 cm³/mol. The number of hydrogen-bond acceptors (Lipinski definition) is 5. The Morgan fingerprint density at radius 1 is 1.21 bits per heavy atom. The van der Waals surface area contributed by atoms with Gasteiger partial charge in [0.1, 0.15) is 0 Å². The van der Waals surface area contributed by atoms with Crippen molar-refractivity contribution in [3.63, 3.8) is 0 Å². The van der Waals surface area contributed by atoms with Crippen LogP contribution in [0.5, 0.6) is 11.5 Å². The third kappa shape index (κ3) is 2.44. The quantitative estimate of drug-likeness (QED) is 0.788. The molecular formula is C13H16N2O4. The molecule has 1 fully saturated rings. The van der Waals surface area contributed by atoms with Gasteiger partial charge in [-0.25, -0.2) is 0 Å². The Bertz CT molecular complexity index is 498. The fourth-order valence-electron chi connectivity index (χ4n) is 2.26. The molecule has 3 N–H and O–H groups in total. The van der Waals surface area contributed by atoms with Crippen LogP contribution in [-0.2, 0) is 9.53 Å². The van der Waals surface area contributed by atoms with Gasteiger partial charge >= 0.3 is 0 Å². The third-order valence-electron chi connectivity index (χ3n) is 3.39. The van der Waals surface area contributed by atoms with E-state index in [0.29, 0.717) is 36.1 Å². The molecule has 2 heterocycles. The molecular weight excluding hydrogens is 248 g/mol. The van der Waals surface area contributed by atoms with Crippen LogP contribution in [0.2, 0.25) is 0 Å². The lowest BCUT2D eigenvalue weighted by Gasteiger charge is -2.21. The minimum absolute atomic E-state index is 0.0152. The Balaban J connectivity index is 1.74. The lowest BCUT2D eigenvalue weighted by Crippen LogP contribution is -2.28. The van der Waals surface area contributed by atoms with Crippen molar-refractivity contribution in [3.05, 3.63) is 12.1 Å². The molecule has 0 bridgehead atoms. The number of ether oxygens (including phenoxy) is 3. The van der Waals surface area contributed by atoms with Gasteiger partial charge in [0.2, 0.25) is 12.7 Å². The van der Waals surface area contributed by atoms with E-state index in [1.54, 1.807) is 12.1 Å². The van der Waals surface area contributed by atoms with Gasteiger partial charge < -0.3 is 25.3 Å². The predicted octanol–water partition coefficient (Wildman–Crippen LogP) is 1.36. The van der Waals surface area contributed by atoms with Crippen LogP contribution in [0.15, 0.2) is 12.1 Å². The molecule has 1 aromatic rings. The third-order valence-corrected chi connectivity index (χ3v) is 3.39. The molecule has 6 heteroatoms. The lowest BCUT2D eigenvalue weighted by atomic mass is 9.99. The minimum atomic E-state index is -0.0196. The molecule has 0 unspecified atom stereocenters. The van der Waals surface area contributed by atoms with Crippen molar-refractivity contribution < 1.29 is 19.0 Å². The Kier molecular flexibility index (Phi) is 3.16. The molecule has 0 aliphatic carbocycles. The molecule has 102 valence electrons. The summed E-state index contributed by atoms with van der Waals surface area (Å²) in [7, 11) is 0. The molecule has 3 rings (SSSR count). The highest BCUT2D eigenvalue weighted by molar-refractivity contribution is 5.96. The van der Waals surface area contributed by atoms with Gasteiger partial charge in [-0.3, -0.25) is 4.79 Å².